The highest BCUT2D eigenvalue weighted by Crippen LogP contribution is 2.34. The van der Waals surface area contributed by atoms with E-state index in [9.17, 15) is 0 Å². The van der Waals surface area contributed by atoms with E-state index in [1.165, 1.54) is 44.1 Å². The lowest BCUT2D eigenvalue weighted by atomic mass is 9.78. The van der Waals surface area contributed by atoms with Crippen molar-refractivity contribution in [2.45, 2.75) is 44.4 Å². The van der Waals surface area contributed by atoms with Gasteiger partial charge in [0.25, 0.3) is 0 Å². The molecular formula is C19H30N2O. The Labute approximate surface area is 134 Å². The van der Waals surface area contributed by atoms with Gasteiger partial charge < -0.3 is 15.7 Å². The second-order valence-corrected chi connectivity index (χ2v) is 6.98. The summed E-state index contributed by atoms with van der Waals surface area (Å²) in [5.74, 6) is 1.20. The van der Waals surface area contributed by atoms with Crippen molar-refractivity contribution in [1.82, 2.24) is 4.90 Å². The summed E-state index contributed by atoms with van der Waals surface area (Å²) in [4.78, 5) is 2.37. The standard InChI is InChI=1S/C19H30N2O/c20-14-19(16-7-9-21(10-8-16)11-12-22)18-6-5-15-3-1-2-4-17(15)13-18/h5-6,13,16,19,22H,1-4,7-12,14,20H2. The highest BCUT2D eigenvalue weighted by atomic mass is 16.3. The maximum absolute atomic E-state index is 9.07. The van der Waals surface area contributed by atoms with Crippen LogP contribution in [0.3, 0.4) is 0 Å². The number of fused-ring (bicyclic) bond motifs is 1. The zero-order valence-electron chi connectivity index (χ0n) is 13.6. The van der Waals surface area contributed by atoms with Gasteiger partial charge in [0.05, 0.1) is 6.61 Å². The van der Waals surface area contributed by atoms with Crippen LogP contribution >= 0.6 is 0 Å². The monoisotopic (exact) mass is 302 g/mol. The Hall–Kier alpha value is -0.900. The highest BCUT2D eigenvalue weighted by Gasteiger charge is 2.27. The van der Waals surface area contributed by atoms with Gasteiger partial charge in [-0.25, -0.2) is 0 Å². The molecule has 0 spiro atoms. The summed E-state index contributed by atoms with van der Waals surface area (Å²) >= 11 is 0. The molecule has 1 atom stereocenters. The van der Waals surface area contributed by atoms with Crippen LogP contribution < -0.4 is 5.73 Å². The molecule has 1 saturated heterocycles. The first kappa shape index (κ1) is 16.0. The largest absolute Gasteiger partial charge is 0.395 e. The molecule has 1 fully saturated rings. The number of aryl methyl sites for hydroxylation is 2. The lowest BCUT2D eigenvalue weighted by molar-refractivity contribution is 0.138. The Balaban J connectivity index is 1.69. The molecule has 3 nitrogen and oxygen atoms in total. The third kappa shape index (κ3) is 3.53. The van der Waals surface area contributed by atoms with E-state index >= 15 is 0 Å². The molecule has 1 aliphatic heterocycles. The summed E-state index contributed by atoms with van der Waals surface area (Å²) in [6.07, 6.45) is 7.59. The number of aliphatic hydroxyl groups is 1. The molecule has 3 rings (SSSR count). The van der Waals surface area contributed by atoms with Crippen molar-refractivity contribution < 1.29 is 5.11 Å². The maximum atomic E-state index is 9.07. The molecule has 1 heterocycles. The van der Waals surface area contributed by atoms with Gasteiger partial charge in [-0.2, -0.15) is 0 Å². The fourth-order valence-electron chi connectivity index (χ4n) is 4.31. The number of hydrogen-bond acceptors (Lipinski definition) is 3. The summed E-state index contributed by atoms with van der Waals surface area (Å²) in [6, 6.07) is 7.14. The van der Waals surface area contributed by atoms with Gasteiger partial charge in [-0.05, 0) is 86.7 Å². The van der Waals surface area contributed by atoms with E-state index in [2.05, 4.69) is 23.1 Å². The van der Waals surface area contributed by atoms with Crippen LogP contribution in [0, 0.1) is 5.92 Å². The lowest BCUT2D eigenvalue weighted by Crippen LogP contribution is -2.38. The van der Waals surface area contributed by atoms with E-state index in [0.29, 0.717) is 11.8 Å². The maximum Gasteiger partial charge on any atom is 0.0558 e. The summed E-state index contributed by atoms with van der Waals surface area (Å²) in [7, 11) is 0. The third-order valence-electron chi connectivity index (χ3n) is 5.67. The molecule has 1 aromatic rings. The highest BCUT2D eigenvalue weighted by molar-refractivity contribution is 5.36. The molecule has 122 valence electrons. The van der Waals surface area contributed by atoms with Crippen LogP contribution in [0.1, 0.15) is 48.3 Å². The van der Waals surface area contributed by atoms with E-state index in [0.717, 1.165) is 26.2 Å². The smallest absolute Gasteiger partial charge is 0.0558 e. The number of hydrogen-bond donors (Lipinski definition) is 2. The van der Waals surface area contributed by atoms with E-state index < -0.39 is 0 Å². The van der Waals surface area contributed by atoms with Gasteiger partial charge in [0.2, 0.25) is 0 Å². The van der Waals surface area contributed by atoms with Crippen LogP contribution in [0.2, 0.25) is 0 Å². The Bertz CT molecular complexity index is 480. The molecule has 22 heavy (non-hydrogen) atoms. The number of β-amino-alcohol motifs (C(OH)–C–C–N with tert-alkyl or cyclic N) is 1. The first-order chi connectivity index (χ1) is 10.8. The van der Waals surface area contributed by atoms with Crippen LogP contribution in [0.15, 0.2) is 18.2 Å². The molecule has 0 aromatic heterocycles. The number of rotatable bonds is 5. The lowest BCUT2D eigenvalue weighted by Gasteiger charge is -2.36. The Morgan fingerprint density at radius 2 is 1.86 bits per heavy atom. The van der Waals surface area contributed by atoms with Crippen molar-refractivity contribution in [3.05, 3.63) is 34.9 Å². The summed E-state index contributed by atoms with van der Waals surface area (Å²) in [6.45, 7) is 4.05. The number of likely N-dealkylation sites (tertiary alicyclic amines) is 1. The molecule has 1 aromatic carbocycles. The van der Waals surface area contributed by atoms with Gasteiger partial charge >= 0.3 is 0 Å². The van der Waals surface area contributed by atoms with Crippen LogP contribution in [-0.4, -0.2) is 42.8 Å². The molecule has 0 radical (unpaired) electrons. The van der Waals surface area contributed by atoms with Crippen molar-refractivity contribution >= 4 is 0 Å². The zero-order chi connectivity index (χ0) is 15.4. The van der Waals surface area contributed by atoms with Crippen LogP contribution in [0.4, 0.5) is 0 Å². The van der Waals surface area contributed by atoms with Gasteiger partial charge in [-0.1, -0.05) is 18.2 Å². The summed E-state index contributed by atoms with van der Waals surface area (Å²) in [5.41, 5.74) is 10.7. The number of piperidine rings is 1. The summed E-state index contributed by atoms with van der Waals surface area (Å²) in [5, 5.41) is 9.07. The van der Waals surface area contributed by atoms with E-state index in [-0.39, 0.29) is 6.61 Å². The fraction of sp³-hybridized carbons (Fsp3) is 0.684. The average molecular weight is 302 g/mol. The number of nitrogens with two attached hydrogens (primary N) is 1. The number of nitrogens with zero attached hydrogens (tertiary/aromatic N) is 1. The molecule has 3 N–H and O–H groups in total. The molecule has 0 amide bonds. The van der Waals surface area contributed by atoms with Crippen molar-refractivity contribution in [3.63, 3.8) is 0 Å². The minimum Gasteiger partial charge on any atom is -0.395 e. The molecule has 0 saturated carbocycles. The van der Waals surface area contributed by atoms with E-state index in [4.69, 9.17) is 10.8 Å². The topological polar surface area (TPSA) is 49.5 Å². The van der Waals surface area contributed by atoms with Crippen molar-refractivity contribution in [3.8, 4) is 0 Å². The second-order valence-electron chi connectivity index (χ2n) is 6.98. The molecule has 1 aliphatic carbocycles. The van der Waals surface area contributed by atoms with E-state index in [1.807, 2.05) is 0 Å². The molecule has 0 bridgehead atoms. The SMILES string of the molecule is NCC(c1ccc2c(c1)CCCC2)C1CCN(CCO)CC1. The van der Waals surface area contributed by atoms with Gasteiger partial charge in [0, 0.05) is 6.54 Å². The predicted octanol–water partition coefficient (Wildman–Crippen LogP) is 2.31. The van der Waals surface area contributed by atoms with Crippen LogP contribution in [0.25, 0.3) is 0 Å². The predicted molar refractivity (Wildman–Crippen MR) is 91.1 cm³/mol. The van der Waals surface area contributed by atoms with Gasteiger partial charge in [0.1, 0.15) is 0 Å². The van der Waals surface area contributed by atoms with Crippen molar-refractivity contribution in [2.24, 2.45) is 11.7 Å². The molecule has 3 heteroatoms. The fourth-order valence-corrected chi connectivity index (χ4v) is 4.31. The minimum atomic E-state index is 0.274. The number of aliphatic hydroxyl groups excluding tert-OH is 1. The molecule has 1 unspecified atom stereocenters. The van der Waals surface area contributed by atoms with Gasteiger partial charge in [-0.15, -0.1) is 0 Å². The number of benzene rings is 1. The van der Waals surface area contributed by atoms with Crippen molar-refractivity contribution in [1.29, 1.82) is 0 Å². The quantitative estimate of drug-likeness (QED) is 0.877. The second kappa shape index (κ2) is 7.58. The first-order valence-electron chi connectivity index (χ1n) is 8.97. The third-order valence-corrected chi connectivity index (χ3v) is 5.67. The van der Waals surface area contributed by atoms with Crippen LogP contribution in [-0.2, 0) is 12.8 Å². The van der Waals surface area contributed by atoms with Gasteiger partial charge in [-0.3, -0.25) is 0 Å². The van der Waals surface area contributed by atoms with Gasteiger partial charge in [0.15, 0.2) is 0 Å². The Morgan fingerprint density at radius 1 is 1.14 bits per heavy atom. The minimum absolute atomic E-state index is 0.274. The Morgan fingerprint density at radius 3 is 2.55 bits per heavy atom. The average Bonchev–Trinajstić information content (AvgIpc) is 2.57. The van der Waals surface area contributed by atoms with Crippen LogP contribution in [0.5, 0.6) is 0 Å². The van der Waals surface area contributed by atoms with Crippen molar-refractivity contribution in [2.75, 3.05) is 32.8 Å². The first-order valence-corrected chi connectivity index (χ1v) is 8.97. The molecule has 2 aliphatic rings. The Kier molecular flexibility index (Phi) is 5.51. The normalized spacial score (nSPS) is 21.5. The zero-order valence-corrected chi connectivity index (χ0v) is 13.6. The van der Waals surface area contributed by atoms with E-state index in [1.54, 1.807) is 11.1 Å². The molecular weight excluding hydrogens is 272 g/mol. The summed E-state index contributed by atoms with van der Waals surface area (Å²) < 4.78 is 0.